The third-order valence-corrected chi connectivity index (χ3v) is 12.6. The van der Waals surface area contributed by atoms with Gasteiger partial charge in [0, 0.05) is 72.2 Å². The van der Waals surface area contributed by atoms with E-state index in [1.807, 2.05) is 0 Å². The first-order chi connectivity index (χ1) is 27.2. The van der Waals surface area contributed by atoms with Gasteiger partial charge in [-0.15, -0.1) is 0 Å². The number of rotatable bonds is 6. The lowest BCUT2D eigenvalue weighted by molar-refractivity contribution is -0.125. The summed E-state index contributed by atoms with van der Waals surface area (Å²) in [6.45, 7) is 1.19. The third kappa shape index (κ3) is 6.11. The fourth-order valence-corrected chi connectivity index (χ4v) is 10.1. The molecule has 4 saturated heterocycles. The lowest BCUT2D eigenvalue weighted by Crippen LogP contribution is -2.55. The Bertz CT molecular complexity index is 2240. The standard InChI is InChI=1S/C41H32Cl4N8O4/c1-48-38(56)52(32-13-28(42)11-29(43)14-32)36(54)40(48)21-50(19-34(40)26-7-3-24(17-46)4-8-26)23-51-20-35(27-9-5-25(18-47)6-10-27)41(22-51)37(55)53(39(57)49(41)2)33-15-30(44)12-31(45)16-33/h3-16,34-35H,19-23H2,1-2H3/t34-,35?,40?,41+/m0/s1. The van der Waals surface area contributed by atoms with E-state index in [1.165, 1.54) is 46.2 Å². The Balaban J connectivity index is 1.17. The SMILES string of the molecule is CN1C(=O)N(c2cc(Cl)cc(Cl)c2)C(=O)C12CN(CN1CC(c3ccc(C#N)cc3)[C@]3(C1)C(=O)N(c1cc(Cl)cc(Cl)c1)C(=O)N3C)C[C@H]2c1ccc(C#N)cc1. The van der Waals surface area contributed by atoms with E-state index in [1.54, 1.807) is 62.6 Å². The molecule has 6 amide bonds. The smallest absolute Gasteiger partial charge is 0.310 e. The normalized spacial score (nSPS) is 25.1. The number of hydrogen-bond donors (Lipinski definition) is 0. The minimum atomic E-state index is -1.37. The molecule has 0 N–H and O–H groups in total. The summed E-state index contributed by atoms with van der Waals surface area (Å²) >= 11 is 25.3. The van der Waals surface area contributed by atoms with Crippen molar-refractivity contribution >= 4 is 81.7 Å². The molecular formula is C41H32Cl4N8O4. The van der Waals surface area contributed by atoms with E-state index in [0.717, 1.165) is 20.9 Å². The summed E-state index contributed by atoms with van der Waals surface area (Å²) in [5.74, 6) is -1.97. The van der Waals surface area contributed by atoms with Crippen molar-refractivity contribution in [2.75, 3.05) is 56.7 Å². The van der Waals surface area contributed by atoms with E-state index in [9.17, 15) is 29.7 Å². The van der Waals surface area contributed by atoms with E-state index in [-0.39, 0.29) is 51.2 Å². The van der Waals surface area contributed by atoms with E-state index in [4.69, 9.17) is 46.4 Å². The molecule has 16 heteroatoms. The molecule has 8 rings (SSSR count). The van der Waals surface area contributed by atoms with Crippen LogP contribution in [-0.2, 0) is 9.59 Å². The van der Waals surface area contributed by atoms with Gasteiger partial charge in [-0.2, -0.15) is 10.5 Å². The summed E-state index contributed by atoms with van der Waals surface area (Å²) in [7, 11) is 3.21. The van der Waals surface area contributed by atoms with Crippen molar-refractivity contribution < 1.29 is 19.2 Å². The molecule has 4 aliphatic heterocycles. The van der Waals surface area contributed by atoms with Crippen LogP contribution < -0.4 is 9.80 Å². The molecule has 0 aromatic heterocycles. The molecule has 0 saturated carbocycles. The van der Waals surface area contributed by atoms with Crippen LogP contribution in [0.15, 0.2) is 84.9 Å². The zero-order valence-electron chi connectivity index (χ0n) is 30.5. The largest absolute Gasteiger partial charge is 0.332 e. The van der Waals surface area contributed by atoms with Crippen molar-refractivity contribution in [2.24, 2.45) is 0 Å². The Morgan fingerprint density at radius 2 is 0.912 bits per heavy atom. The Labute approximate surface area is 348 Å². The minimum absolute atomic E-state index is 0.129. The Morgan fingerprint density at radius 1 is 0.579 bits per heavy atom. The number of likely N-dealkylation sites (tertiary alicyclic amines) is 2. The number of urea groups is 2. The summed E-state index contributed by atoms with van der Waals surface area (Å²) in [6, 6.07) is 26.3. The van der Waals surface area contributed by atoms with Gasteiger partial charge in [-0.1, -0.05) is 70.7 Å². The van der Waals surface area contributed by atoms with Crippen LogP contribution in [0.4, 0.5) is 21.0 Å². The molecule has 0 aliphatic carbocycles. The van der Waals surface area contributed by atoms with E-state index in [2.05, 4.69) is 21.9 Å². The molecule has 2 spiro atoms. The first-order valence-corrected chi connectivity index (χ1v) is 19.3. The number of imide groups is 2. The van der Waals surface area contributed by atoms with Gasteiger partial charge < -0.3 is 9.80 Å². The van der Waals surface area contributed by atoms with Crippen molar-refractivity contribution in [2.45, 2.75) is 22.9 Å². The highest BCUT2D eigenvalue weighted by Gasteiger charge is 2.67. The summed E-state index contributed by atoms with van der Waals surface area (Å²) in [5, 5.41) is 20.1. The van der Waals surface area contributed by atoms with Crippen molar-refractivity contribution in [3.63, 3.8) is 0 Å². The van der Waals surface area contributed by atoms with Gasteiger partial charge in [0.2, 0.25) is 0 Å². The second-order valence-electron chi connectivity index (χ2n) is 14.8. The van der Waals surface area contributed by atoms with E-state index in [0.29, 0.717) is 24.2 Å². The van der Waals surface area contributed by atoms with Crippen LogP contribution in [0.2, 0.25) is 20.1 Å². The highest BCUT2D eigenvalue weighted by Crippen LogP contribution is 2.49. The number of nitriles is 2. The lowest BCUT2D eigenvalue weighted by Gasteiger charge is -2.34. The third-order valence-electron chi connectivity index (χ3n) is 11.8. The number of likely N-dealkylation sites (N-methyl/N-ethyl adjacent to an activating group) is 2. The summed E-state index contributed by atoms with van der Waals surface area (Å²) in [5.41, 5.74) is 0.161. The molecule has 0 bridgehead atoms. The number of amides is 6. The second kappa shape index (κ2) is 14.3. The molecule has 4 atom stereocenters. The van der Waals surface area contributed by atoms with Crippen LogP contribution in [0, 0.1) is 22.7 Å². The van der Waals surface area contributed by atoms with Crippen molar-refractivity contribution in [1.82, 2.24) is 19.6 Å². The summed E-state index contributed by atoms with van der Waals surface area (Å²) in [4.78, 5) is 67.2. The number of hydrogen-bond acceptors (Lipinski definition) is 8. The van der Waals surface area contributed by atoms with Crippen LogP contribution in [0.5, 0.6) is 0 Å². The summed E-state index contributed by atoms with van der Waals surface area (Å²) in [6.07, 6.45) is 0. The first kappa shape index (κ1) is 38.7. The van der Waals surface area contributed by atoms with Gasteiger partial charge in [-0.25, -0.2) is 19.4 Å². The van der Waals surface area contributed by atoms with Crippen LogP contribution in [-0.4, -0.2) is 101 Å². The summed E-state index contributed by atoms with van der Waals surface area (Å²) < 4.78 is 0. The second-order valence-corrected chi connectivity index (χ2v) is 16.6. The van der Waals surface area contributed by atoms with Crippen LogP contribution in [0.25, 0.3) is 0 Å². The number of carbonyl (C=O) groups excluding carboxylic acids is 4. The van der Waals surface area contributed by atoms with Crippen LogP contribution >= 0.6 is 46.4 Å². The van der Waals surface area contributed by atoms with Crippen molar-refractivity contribution in [3.05, 3.63) is 127 Å². The monoisotopic (exact) mass is 840 g/mol. The van der Waals surface area contributed by atoms with Crippen LogP contribution in [0.1, 0.15) is 34.1 Å². The number of nitrogens with zero attached hydrogens (tertiary/aromatic N) is 8. The highest BCUT2D eigenvalue weighted by molar-refractivity contribution is 6.36. The van der Waals surface area contributed by atoms with Gasteiger partial charge in [0.25, 0.3) is 11.8 Å². The Kier molecular flexibility index (Phi) is 9.73. The molecule has 0 radical (unpaired) electrons. The number of benzene rings is 4. The minimum Gasteiger partial charge on any atom is -0.310 e. The van der Waals surface area contributed by atoms with Gasteiger partial charge >= 0.3 is 12.1 Å². The Hall–Kier alpha value is -5.18. The molecule has 4 aromatic rings. The molecule has 4 aliphatic rings. The maximum absolute atomic E-state index is 14.8. The molecule has 4 heterocycles. The fourth-order valence-electron chi connectivity index (χ4n) is 9.08. The predicted octanol–water partition coefficient (Wildman–Crippen LogP) is 7.17. The lowest BCUT2D eigenvalue weighted by atomic mass is 9.80. The molecule has 57 heavy (non-hydrogen) atoms. The quantitative estimate of drug-likeness (QED) is 0.187. The number of halogens is 4. The molecule has 12 nitrogen and oxygen atoms in total. The molecule has 288 valence electrons. The Morgan fingerprint density at radius 3 is 1.23 bits per heavy atom. The predicted molar refractivity (Wildman–Crippen MR) is 215 cm³/mol. The van der Waals surface area contributed by atoms with Gasteiger partial charge in [0.1, 0.15) is 11.1 Å². The molecular weight excluding hydrogens is 810 g/mol. The van der Waals surface area contributed by atoms with Gasteiger partial charge in [-0.05, 0) is 71.8 Å². The zero-order valence-corrected chi connectivity index (χ0v) is 33.5. The van der Waals surface area contributed by atoms with E-state index >= 15 is 0 Å². The number of anilines is 2. The molecule has 4 fully saturated rings. The molecule has 2 unspecified atom stereocenters. The highest BCUT2D eigenvalue weighted by atomic mass is 35.5. The zero-order chi connectivity index (χ0) is 40.6. The average Bonchev–Trinajstić information content (AvgIpc) is 3.86. The maximum atomic E-state index is 14.8. The topological polar surface area (TPSA) is 135 Å². The van der Waals surface area contributed by atoms with Gasteiger partial charge in [0.05, 0.1) is 41.3 Å². The van der Waals surface area contributed by atoms with Crippen molar-refractivity contribution in [3.8, 4) is 12.1 Å². The maximum Gasteiger partial charge on any atom is 0.332 e. The van der Waals surface area contributed by atoms with Gasteiger partial charge in [-0.3, -0.25) is 19.4 Å². The van der Waals surface area contributed by atoms with Crippen molar-refractivity contribution in [1.29, 1.82) is 10.5 Å². The van der Waals surface area contributed by atoms with Gasteiger partial charge in [0.15, 0.2) is 0 Å². The first-order valence-electron chi connectivity index (χ1n) is 17.8. The van der Waals surface area contributed by atoms with E-state index < -0.39 is 46.8 Å². The fraction of sp³-hybridized carbons (Fsp3) is 0.268. The van der Waals surface area contributed by atoms with Crippen LogP contribution in [0.3, 0.4) is 0 Å². The number of carbonyl (C=O) groups is 4. The average molecular weight is 843 g/mol. The molecule has 4 aromatic carbocycles.